The van der Waals surface area contributed by atoms with Crippen molar-refractivity contribution < 1.29 is 22.3 Å². The first-order valence-electron chi connectivity index (χ1n) is 10.00. The second kappa shape index (κ2) is 8.63. The molecule has 0 fully saturated rings. The molecule has 8 heteroatoms. The lowest BCUT2D eigenvalue weighted by Crippen LogP contribution is -2.27. The summed E-state index contributed by atoms with van der Waals surface area (Å²) in [5.74, 6) is 0.718. The van der Waals surface area contributed by atoms with Crippen LogP contribution in [0.5, 0.6) is 11.5 Å². The van der Waals surface area contributed by atoms with E-state index in [0.29, 0.717) is 34.8 Å². The van der Waals surface area contributed by atoms with E-state index in [1.54, 1.807) is 61.7 Å². The number of benzene rings is 3. The number of hydrogen-bond donors (Lipinski definition) is 0. The third-order valence-electron chi connectivity index (χ3n) is 5.41. The maximum Gasteiger partial charge on any atom is 0.279 e. The van der Waals surface area contributed by atoms with E-state index in [-0.39, 0.29) is 10.7 Å². The lowest BCUT2D eigenvalue weighted by molar-refractivity contribution is 0.347. The van der Waals surface area contributed by atoms with Crippen LogP contribution in [0.25, 0.3) is 0 Å². The van der Waals surface area contributed by atoms with Crippen LogP contribution in [-0.2, 0) is 10.0 Å². The molecule has 1 heterocycles. The largest absolute Gasteiger partial charge is 0.497 e. The molecule has 1 aliphatic heterocycles. The molecular weight excluding hydrogens is 431 g/mol. The number of aryl methyl sites for hydroxylation is 1. The number of nitrogens with zero attached hydrogens (tertiary/aromatic N) is 2. The summed E-state index contributed by atoms with van der Waals surface area (Å²) in [5, 5.41) is 4.49. The van der Waals surface area contributed by atoms with Crippen molar-refractivity contribution in [3.05, 3.63) is 89.2 Å². The Kier molecular flexibility index (Phi) is 5.88. The summed E-state index contributed by atoms with van der Waals surface area (Å²) in [6.45, 7) is 1.89. The van der Waals surface area contributed by atoms with Gasteiger partial charge in [0.05, 0.1) is 30.9 Å². The molecule has 0 aliphatic carbocycles. The fourth-order valence-corrected chi connectivity index (χ4v) is 5.10. The van der Waals surface area contributed by atoms with Crippen LogP contribution in [0.15, 0.2) is 76.7 Å². The molecule has 0 aromatic heterocycles. The molecule has 6 nitrogen and oxygen atoms in total. The van der Waals surface area contributed by atoms with Crippen molar-refractivity contribution in [1.29, 1.82) is 0 Å². The normalized spacial score (nSPS) is 16.1. The first-order valence-corrected chi connectivity index (χ1v) is 11.4. The standard InChI is InChI=1S/C24H23FN2O4S/c1-16-4-11-20(12-5-16)32(28,29)27-23(21-13-10-19(30-2)14-24(21)31-3)15-22(26-27)17-6-8-18(25)9-7-17/h4-14,23H,15H2,1-3H3/t23-/m0/s1. The van der Waals surface area contributed by atoms with Crippen LogP contribution in [0.2, 0.25) is 0 Å². The van der Waals surface area contributed by atoms with Crippen LogP contribution in [0.3, 0.4) is 0 Å². The van der Waals surface area contributed by atoms with Crippen LogP contribution >= 0.6 is 0 Å². The van der Waals surface area contributed by atoms with Crippen LogP contribution in [0, 0.1) is 12.7 Å². The van der Waals surface area contributed by atoms with Gasteiger partial charge in [0, 0.05) is 18.1 Å². The van der Waals surface area contributed by atoms with E-state index in [1.807, 2.05) is 6.92 Å². The predicted octanol–water partition coefficient (Wildman–Crippen LogP) is 4.69. The minimum absolute atomic E-state index is 0.143. The number of rotatable bonds is 6. The van der Waals surface area contributed by atoms with Crippen LogP contribution in [-0.4, -0.2) is 32.8 Å². The summed E-state index contributed by atoms with van der Waals surface area (Å²) in [6, 6.07) is 17.1. The van der Waals surface area contributed by atoms with Crippen molar-refractivity contribution in [3.63, 3.8) is 0 Å². The van der Waals surface area contributed by atoms with Crippen LogP contribution in [0.1, 0.15) is 29.2 Å². The summed E-state index contributed by atoms with van der Waals surface area (Å²) in [4.78, 5) is 0.143. The Labute approximate surface area is 187 Å². The molecule has 0 radical (unpaired) electrons. The van der Waals surface area contributed by atoms with Gasteiger partial charge in [-0.05, 0) is 48.9 Å². The quantitative estimate of drug-likeness (QED) is 0.542. The summed E-state index contributed by atoms with van der Waals surface area (Å²) in [7, 11) is -0.886. The van der Waals surface area contributed by atoms with E-state index >= 15 is 0 Å². The van der Waals surface area contributed by atoms with Gasteiger partial charge in [-0.1, -0.05) is 29.8 Å². The molecule has 1 aliphatic rings. The zero-order valence-electron chi connectivity index (χ0n) is 17.9. The molecular formula is C24H23FN2O4S. The Hall–Kier alpha value is -3.39. The van der Waals surface area contributed by atoms with E-state index < -0.39 is 16.1 Å². The van der Waals surface area contributed by atoms with E-state index in [0.717, 1.165) is 9.98 Å². The Morgan fingerprint density at radius 2 is 1.66 bits per heavy atom. The lowest BCUT2D eigenvalue weighted by Gasteiger charge is -2.25. The minimum Gasteiger partial charge on any atom is -0.497 e. The molecule has 0 spiro atoms. The molecule has 166 valence electrons. The number of ether oxygens (including phenoxy) is 2. The predicted molar refractivity (Wildman–Crippen MR) is 120 cm³/mol. The first-order chi connectivity index (χ1) is 15.3. The molecule has 4 rings (SSSR count). The highest BCUT2D eigenvalue weighted by Crippen LogP contribution is 2.41. The van der Waals surface area contributed by atoms with Crippen molar-refractivity contribution in [2.75, 3.05) is 14.2 Å². The fraction of sp³-hybridized carbons (Fsp3) is 0.208. The van der Waals surface area contributed by atoms with Gasteiger partial charge in [-0.2, -0.15) is 17.9 Å². The highest BCUT2D eigenvalue weighted by Gasteiger charge is 2.39. The van der Waals surface area contributed by atoms with Gasteiger partial charge in [0.15, 0.2) is 0 Å². The van der Waals surface area contributed by atoms with Gasteiger partial charge >= 0.3 is 0 Å². The summed E-state index contributed by atoms with van der Waals surface area (Å²) in [6.07, 6.45) is 0.305. The summed E-state index contributed by atoms with van der Waals surface area (Å²) >= 11 is 0. The first kappa shape index (κ1) is 21.8. The number of methoxy groups -OCH3 is 2. The summed E-state index contributed by atoms with van der Waals surface area (Å²) in [5.41, 5.74) is 2.81. The number of hydrogen-bond acceptors (Lipinski definition) is 5. The third-order valence-corrected chi connectivity index (χ3v) is 7.11. The molecule has 32 heavy (non-hydrogen) atoms. The van der Waals surface area contributed by atoms with Crippen molar-refractivity contribution in [2.24, 2.45) is 5.10 Å². The average Bonchev–Trinajstić information content (AvgIpc) is 3.25. The van der Waals surface area contributed by atoms with Crippen molar-refractivity contribution in [1.82, 2.24) is 4.41 Å². The zero-order chi connectivity index (χ0) is 22.9. The molecule has 0 amide bonds. The Morgan fingerprint density at radius 3 is 2.28 bits per heavy atom. The SMILES string of the molecule is COc1ccc([C@@H]2CC(c3ccc(F)cc3)=NN2S(=O)(=O)c2ccc(C)cc2)c(OC)c1. The smallest absolute Gasteiger partial charge is 0.279 e. The topological polar surface area (TPSA) is 68.2 Å². The lowest BCUT2D eigenvalue weighted by atomic mass is 9.98. The Bertz CT molecular complexity index is 1260. The van der Waals surface area contributed by atoms with Gasteiger partial charge in [-0.3, -0.25) is 0 Å². The Balaban J connectivity index is 1.83. The number of sulfonamides is 1. The number of halogens is 1. The van der Waals surface area contributed by atoms with Gasteiger partial charge in [-0.25, -0.2) is 4.39 Å². The van der Waals surface area contributed by atoms with Crippen molar-refractivity contribution in [3.8, 4) is 11.5 Å². The van der Waals surface area contributed by atoms with Gasteiger partial charge in [0.1, 0.15) is 17.3 Å². The van der Waals surface area contributed by atoms with E-state index in [2.05, 4.69) is 5.10 Å². The fourth-order valence-electron chi connectivity index (χ4n) is 3.67. The van der Waals surface area contributed by atoms with Gasteiger partial charge in [0.2, 0.25) is 0 Å². The van der Waals surface area contributed by atoms with Gasteiger partial charge in [-0.15, -0.1) is 0 Å². The van der Waals surface area contributed by atoms with Crippen LogP contribution < -0.4 is 9.47 Å². The zero-order valence-corrected chi connectivity index (χ0v) is 18.8. The molecule has 0 saturated heterocycles. The third kappa shape index (κ3) is 4.05. The average molecular weight is 455 g/mol. The molecule has 0 bridgehead atoms. The highest BCUT2D eigenvalue weighted by atomic mass is 32.2. The molecule has 1 atom stereocenters. The Morgan fingerprint density at radius 1 is 0.969 bits per heavy atom. The number of hydrazone groups is 1. The maximum atomic E-state index is 13.6. The second-order valence-corrected chi connectivity index (χ2v) is 9.27. The van der Waals surface area contributed by atoms with Crippen LogP contribution in [0.4, 0.5) is 4.39 Å². The van der Waals surface area contributed by atoms with Crippen molar-refractivity contribution >= 4 is 15.7 Å². The van der Waals surface area contributed by atoms with Crippen molar-refractivity contribution in [2.45, 2.75) is 24.3 Å². The minimum atomic E-state index is -3.96. The molecule has 0 unspecified atom stereocenters. The maximum absolute atomic E-state index is 13.6. The highest BCUT2D eigenvalue weighted by molar-refractivity contribution is 7.89. The molecule has 0 N–H and O–H groups in total. The van der Waals surface area contributed by atoms with E-state index in [4.69, 9.17) is 9.47 Å². The van der Waals surface area contributed by atoms with Gasteiger partial charge in [0.25, 0.3) is 10.0 Å². The van der Waals surface area contributed by atoms with E-state index in [9.17, 15) is 12.8 Å². The second-order valence-electron chi connectivity index (χ2n) is 7.47. The summed E-state index contributed by atoms with van der Waals surface area (Å²) < 4.78 is 52.5. The van der Waals surface area contributed by atoms with Gasteiger partial charge < -0.3 is 9.47 Å². The monoisotopic (exact) mass is 454 g/mol. The molecule has 3 aromatic carbocycles. The van der Waals surface area contributed by atoms with E-state index in [1.165, 1.54) is 19.2 Å². The molecule has 3 aromatic rings. The molecule has 0 saturated carbocycles.